The zero-order valence-electron chi connectivity index (χ0n) is 15.4. The van der Waals surface area contributed by atoms with Gasteiger partial charge in [-0.3, -0.25) is 14.2 Å². The van der Waals surface area contributed by atoms with Gasteiger partial charge in [-0.15, -0.1) is 0 Å². The second kappa shape index (κ2) is 7.19. The average Bonchev–Trinajstić information content (AvgIpc) is 3.08. The van der Waals surface area contributed by atoms with Gasteiger partial charge >= 0.3 is 5.69 Å². The molecule has 2 heterocycles. The lowest BCUT2D eigenvalue weighted by molar-refractivity contribution is -0.122. The minimum Gasteiger partial charge on any atom is -0.361 e. The Kier molecular flexibility index (Phi) is 4.57. The topological polar surface area (TPSA) is 99.8 Å². The first-order valence-electron chi connectivity index (χ1n) is 9.09. The molecule has 4 aromatic rings. The van der Waals surface area contributed by atoms with Crippen molar-refractivity contribution in [2.24, 2.45) is 0 Å². The van der Waals surface area contributed by atoms with E-state index in [1.807, 2.05) is 37.4 Å². The summed E-state index contributed by atoms with van der Waals surface area (Å²) in [5, 5.41) is 4.36. The lowest BCUT2D eigenvalue weighted by atomic mass is 10.1. The van der Waals surface area contributed by atoms with Crippen molar-refractivity contribution >= 4 is 27.7 Å². The molecule has 1 atom stereocenters. The Hall–Kier alpha value is -3.61. The van der Waals surface area contributed by atoms with E-state index in [4.69, 9.17) is 0 Å². The summed E-state index contributed by atoms with van der Waals surface area (Å²) in [4.78, 5) is 43.0. The van der Waals surface area contributed by atoms with E-state index in [0.717, 1.165) is 21.0 Å². The molecule has 0 aliphatic carbocycles. The van der Waals surface area contributed by atoms with Crippen molar-refractivity contribution in [1.29, 1.82) is 0 Å². The van der Waals surface area contributed by atoms with Crippen molar-refractivity contribution in [2.75, 3.05) is 0 Å². The number of para-hydroxylation sites is 2. The number of nitrogens with one attached hydrogen (secondary N) is 3. The largest absolute Gasteiger partial charge is 0.361 e. The smallest absolute Gasteiger partial charge is 0.329 e. The molecule has 0 saturated carbocycles. The van der Waals surface area contributed by atoms with Crippen LogP contribution in [0.1, 0.15) is 12.5 Å². The molecule has 0 bridgehead atoms. The molecule has 2 aromatic carbocycles. The van der Waals surface area contributed by atoms with Crippen LogP contribution >= 0.6 is 0 Å². The summed E-state index contributed by atoms with van der Waals surface area (Å²) in [5.74, 6) is -0.379. The number of aromatic amines is 2. The molecule has 2 aromatic heterocycles. The average molecular weight is 376 g/mol. The minimum atomic E-state index is -0.594. The van der Waals surface area contributed by atoms with Crippen LogP contribution in [0.2, 0.25) is 0 Å². The van der Waals surface area contributed by atoms with Gasteiger partial charge in [-0.05, 0) is 37.1 Å². The van der Waals surface area contributed by atoms with Gasteiger partial charge in [0.05, 0.1) is 10.9 Å². The fraction of sp³-hybridized carbons (Fsp3) is 0.190. The molecule has 0 radical (unpaired) electrons. The summed E-state index contributed by atoms with van der Waals surface area (Å²) in [7, 11) is 0. The molecule has 0 fully saturated rings. The molecule has 28 heavy (non-hydrogen) atoms. The molecule has 0 spiro atoms. The maximum absolute atomic E-state index is 12.5. The molecule has 3 N–H and O–H groups in total. The number of hydrogen-bond acceptors (Lipinski definition) is 3. The van der Waals surface area contributed by atoms with Crippen molar-refractivity contribution in [3.63, 3.8) is 0 Å². The van der Waals surface area contributed by atoms with E-state index in [0.29, 0.717) is 17.3 Å². The summed E-state index contributed by atoms with van der Waals surface area (Å²) in [6, 6.07) is 14.6. The highest BCUT2D eigenvalue weighted by molar-refractivity contribution is 5.83. The van der Waals surface area contributed by atoms with Gasteiger partial charge in [-0.1, -0.05) is 30.3 Å². The summed E-state index contributed by atoms with van der Waals surface area (Å²) in [5.41, 5.74) is 1.54. The van der Waals surface area contributed by atoms with E-state index >= 15 is 0 Å². The van der Waals surface area contributed by atoms with Crippen molar-refractivity contribution in [2.45, 2.75) is 25.9 Å². The quantitative estimate of drug-likeness (QED) is 0.496. The first kappa shape index (κ1) is 17.8. The third kappa shape index (κ3) is 3.34. The Labute approximate surface area is 160 Å². The number of benzene rings is 2. The Morgan fingerprint density at radius 2 is 1.71 bits per heavy atom. The van der Waals surface area contributed by atoms with Crippen LogP contribution in [0.5, 0.6) is 0 Å². The number of carbonyl (C=O) groups excluding carboxylic acids is 1. The maximum Gasteiger partial charge on any atom is 0.329 e. The van der Waals surface area contributed by atoms with Crippen molar-refractivity contribution < 1.29 is 4.79 Å². The predicted molar refractivity (Wildman–Crippen MR) is 108 cm³/mol. The monoisotopic (exact) mass is 376 g/mol. The van der Waals surface area contributed by atoms with Crippen LogP contribution in [0.25, 0.3) is 21.8 Å². The lowest BCUT2D eigenvalue weighted by Crippen LogP contribution is -2.43. The van der Waals surface area contributed by atoms with Gasteiger partial charge in [0.1, 0.15) is 6.54 Å². The fourth-order valence-electron chi connectivity index (χ4n) is 3.49. The number of fused-ring (bicyclic) bond motifs is 2. The summed E-state index contributed by atoms with van der Waals surface area (Å²) >= 11 is 0. The molecule has 0 aliphatic rings. The SMILES string of the molecule is CC(Cc1c[nH]c2ccccc12)NC(=O)Cn1c(=O)[nH]c2ccccc2c1=O. The van der Waals surface area contributed by atoms with Gasteiger partial charge in [0.25, 0.3) is 5.56 Å². The minimum absolute atomic E-state index is 0.151. The van der Waals surface area contributed by atoms with Gasteiger partial charge in [-0.25, -0.2) is 4.79 Å². The van der Waals surface area contributed by atoms with Gasteiger partial charge in [0, 0.05) is 23.1 Å². The Bertz CT molecular complexity index is 1280. The summed E-state index contributed by atoms with van der Waals surface area (Å²) in [6.07, 6.45) is 2.57. The van der Waals surface area contributed by atoms with E-state index in [1.165, 1.54) is 0 Å². The standard InChI is InChI=1S/C21H20N4O3/c1-13(10-14-11-22-17-8-4-2-6-15(14)17)23-19(26)12-25-20(27)16-7-3-5-9-18(16)24-21(25)28/h2-9,11,13,22H,10,12H2,1H3,(H,23,26)(H,24,28). The van der Waals surface area contributed by atoms with Crippen molar-refractivity contribution in [1.82, 2.24) is 19.9 Å². The second-order valence-corrected chi connectivity index (χ2v) is 6.90. The second-order valence-electron chi connectivity index (χ2n) is 6.90. The molecular formula is C21H20N4O3. The van der Waals surface area contributed by atoms with Crippen LogP contribution < -0.4 is 16.6 Å². The van der Waals surface area contributed by atoms with Crippen molar-refractivity contribution in [3.8, 4) is 0 Å². The zero-order valence-corrected chi connectivity index (χ0v) is 15.4. The number of nitrogens with zero attached hydrogens (tertiary/aromatic N) is 1. The highest BCUT2D eigenvalue weighted by Gasteiger charge is 2.14. The van der Waals surface area contributed by atoms with Crippen LogP contribution in [0.4, 0.5) is 0 Å². The molecule has 7 nitrogen and oxygen atoms in total. The number of aromatic nitrogens is 3. The highest BCUT2D eigenvalue weighted by Crippen LogP contribution is 2.18. The third-order valence-electron chi connectivity index (χ3n) is 4.80. The molecule has 4 rings (SSSR count). The molecule has 7 heteroatoms. The molecule has 0 saturated heterocycles. The normalized spacial score (nSPS) is 12.3. The predicted octanol–water partition coefficient (Wildman–Crippen LogP) is 1.92. The van der Waals surface area contributed by atoms with E-state index in [1.54, 1.807) is 24.3 Å². The van der Waals surface area contributed by atoms with Gasteiger partial charge in [-0.2, -0.15) is 0 Å². The number of hydrogen-bond donors (Lipinski definition) is 3. The number of amides is 1. The molecule has 1 amide bonds. The Morgan fingerprint density at radius 1 is 1.04 bits per heavy atom. The number of H-pyrrole nitrogens is 2. The zero-order chi connectivity index (χ0) is 19.7. The van der Waals surface area contributed by atoms with E-state index in [2.05, 4.69) is 15.3 Å². The van der Waals surface area contributed by atoms with Gasteiger partial charge in [0.2, 0.25) is 5.91 Å². The van der Waals surface area contributed by atoms with E-state index in [9.17, 15) is 14.4 Å². The Balaban J connectivity index is 1.49. The number of rotatable bonds is 5. The first-order valence-corrected chi connectivity index (χ1v) is 9.09. The van der Waals surface area contributed by atoms with Crippen molar-refractivity contribution in [3.05, 3.63) is 81.1 Å². The van der Waals surface area contributed by atoms with E-state index in [-0.39, 0.29) is 18.5 Å². The molecule has 142 valence electrons. The third-order valence-corrected chi connectivity index (χ3v) is 4.80. The first-order chi connectivity index (χ1) is 13.5. The highest BCUT2D eigenvalue weighted by atomic mass is 16.2. The molecule has 0 aliphatic heterocycles. The summed E-state index contributed by atoms with van der Waals surface area (Å²) < 4.78 is 0.927. The van der Waals surface area contributed by atoms with Crippen LogP contribution in [-0.2, 0) is 17.8 Å². The van der Waals surface area contributed by atoms with Gasteiger partial charge in [0.15, 0.2) is 0 Å². The maximum atomic E-state index is 12.5. The van der Waals surface area contributed by atoms with Crippen LogP contribution in [0.3, 0.4) is 0 Å². The van der Waals surface area contributed by atoms with Gasteiger partial charge < -0.3 is 15.3 Å². The Morgan fingerprint density at radius 3 is 2.50 bits per heavy atom. The van der Waals surface area contributed by atoms with Crippen LogP contribution in [0.15, 0.2) is 64.3 Å². The molecular weight excluding hydrogens is 356 g/mol. The molecule has 1 unspecified atom stereocenters. The van der Waals surface area contributed by atoms with Crippen LogP contribution in [-0.4, -0.2) is 26.5 Å². The summed E-state index contributed by atoms with van der Waals surface area (Å²) in [6.45, 7) is 1.57. The van der Waals surface area contributed by atoms with E-state index < -0.39 is 11.2 Å². The number of carbonyl (C=O) groups is 1. The lowest BCUT2D eigenvalue weighted by Gasteiger charge is -2.14. The fourth-order valence-corrected chi connectivity index (χ4v) is 3.49. The van der Waals surface area contributed by atoms with Crippen LogP contribution in [0, 0.1) is 0 Å².